The van der Waals surface area contributed by atoms with Crippen LogP contribution in [0.5, 0.6) is 5.75 Å². The molecule has 1 aliphatic heterocycles. The normalized spacial score (nSPS) is 14.9. The van der Waals surface area contributed by atoms with Crippen LogP contribution in [0, 0.1) is 22.7 Å². The van der Waals surface area contributed by atoms with Crippen molar-refractivity contribution in [2.75, 3.05) is 5.32 Å². The Hall–Kier alpha value is -4.60. The summed E-state index contributed by atoms with van der Waals surface area (Å²) in [5.41, 5.74) is 8.13. The van der Waals surface area contributed by atoms with Gasteiger partial charge in [-0.15, -0.1) is 11.3 Å². The molecule has 4 aromatic rings. The minimum atomic E-state index is -0.733. The van der Waals surface area contributed by atoms with E-state index in [-0.39, 0.29) is 22.8 Å². The Morgan fingerprint density at radius 3 is 2.66 bits per heavy atom. The number of aromatic amines is 1. The molecule has 1 aliphatic rings. The number of fused-ring (bicyclic) bond motifs is 3. The molecular weight excluding hydrogens is 424 g/mol. The first-order chi connectivity index (χ1) is 15.6. The van der Waals surface area contributed by atoms with Crippen molar-refractivity contribution in [2.24, 2.45) is 5.73 Å². The van der Waals surface area contributed by atoms with E-state index in [0.717, 1.165) is 5.69 Å². The first-order valence-electron chi connectivity index (χ1n) is 9.54. The Labute approximate surface area is 185 Å². The van der Waals surface area contributed by atoms with E-state index >= 15 is 0 Å². The van der Waals surface area contributed by atoms with Crippen molar-refractivity contribution < 1.29 is 4.74 Å². The Kier molecular flexibility index (Phi) is 4.59. The predicted molar refractivity (Wildman–Crippen MR) is 120 cm³/mol. The van der Waals surface area contributed by atoms with Gasteiger partial charge in [0.05, 0.1) is 21.7 Å². The van der Waals surface area contributed by atoms with E-state index in [9.17, 15) is 15.3 Å². The number of H-pyrrole nitrogens is 1. The van der Waals surface area contributed by atoms with Gasteiger partial charge in [0.25, 0.3) is 5.56 Å². The lowest BCUT2D eigenvalue weighted by Crippen LogP contribution is -2.27. The number of hydrogen-bond donors (Lipinski definition) is 3. The monoisotopic (exact) mass is 438 g/mol. The molecule has 32 heavy (non-hydrogen) atoms. The molecule has 4 N–H and O–H groups in total. The number of anilines is 2. The molecule has 8 nitrogen and oxygen atoms in total. The van der Waals surface area contributed by atoms with E-state index in [0.29, 0.717) is 26.3 Å². The Morgan fingerprint density at radius 1 is 1.16 bits per heavy atom. The number of nitrogens with two attached hydrogens (primary N) is 1. The summed E-state index contributed by atoms with van der Waals surface area (Å²) in [5, 5.41) is 23.3. The van der Waals surface area contributed by atoms with Crippen molar-refractivity contribution in [3.05, 3.63) is 93.4 Å². The number of pyridine rings is 2. The lowest BCUT2D eigenvalue weighted by atomic mass is 9.85. The molecule has 0 amide bonds. The van der Waals surface area contributed by atoms with Crippen LogP contribution in [0.2, 0.25) is 0 Å². The SMILES string of the molecule is N#CC1=C(N)Oc2c(c(=O)[nH]c3c(C#N)c(Nc4ccccc4)sc23)[C@@H]1c1cccnc1. The first-order valence-corrected chi connectivity index (χ1v) is 10.4. The molecule has 0 fully saturated rings. The number of nitrogens with one attached hydrogen (secondary N) is 2. The second-order valence-corrected chi connectivity index (χ2v) is 8.04. The topological polar surface area (TPSA) is 141 Å². The van der Waals surface area contributed by atoms with Crippen LogP contribution in [-0.4, -0.2) is 9.97 Å². The van der Waals surface area contributed by atoms with E-state index in [1.165, 1.54) is 11.3 Å². The third kappa shape index (κ3) is 2.97. The van der Waals surface area contributed by atoms with Gasteiger partial charge in [0.2, 0.25) is 5.88 Å². The minimum Gasteiger partial charge on any atom is -0.438 e. The van der Waals surface area contributed by atoms with E-state index in [4.69, 9.17) is 10.5 Å². The third-order valence-electron chi connectivity index (χ3n) is 5.18. The lowest BCUT2D eigenvalue weighted by Gasteiger charge is -2.25. The van der Waals surface area contributed by atoms with Crippen LogP contribution in [0.25, 0.3) is 10.2 Å². The number of ether oxygens (including phenoxy) is 1. The van der Waals surface area contributed by atoms with Gasteiger partial charge in [-0.3, -0.25) is 9.78 Å². The molecule has 0 saturated heterocycles. The van der Waals surface area contributed by atoms with Crippen molar-refractivity contribution in [3.8, 4) is 17.9 Å². The number of nitrogens with zero attached hydrogens (tertiary/aromatic N) is 3. The maximum absolute atomic E-state index is 13.2. The van der Waals surface area contributed by atoms with Crippen LogP contribution in [0.4, 0.5) is 10.7 Å². The van der Waals surface area contributed by atoms with Gasteiger partial charge in [-0.2, -0.15) is 10.5 Å². The number of nitriles is 2. The number of thiophene rings is 1. The van der Waals surface area contributed by atoms with Gasteiger partial charge in [-0.25, -0.2) is 0 Å². The van der Waals surface area contributed by atoms with Gasteiger partial charge >= 0.3 is 0 Å². The fourth-order valence-electron chi connectivity index (χ4n) is 3.78. The fourth-order valence-corrected chi connectivity index (χ4v) is 4.90. The molecule has 0 unspecified atom stereocenters. The largest absolute Gasteiger partial charge is 0.438 e. The zero-order chi connectivity index (χ0) is 22.2. The minimum absolute atomic E-state index is 0.0785. The van der Waals surface area contributed by atoms with Crippen molar-refractivity contribution in [1.82, 2.24) is 9.97 Å². The van der Waals surface area contributed by atoms with Crippen LogP contribution in [0.15, 0.2) is 71.1 Å². The summed E-state index contributed by atoms with van der Waals surface area (Å²) in [6, 6.07) is 17.1. The maximum Gasteiger partial charge on any atom is 0.256 e. The van der Waals surface area contributed by atoms with Crippen molar-refractivity contribution in [3.63, 3.8) is 0 Å². The summed E-state index contributed by atoms with van der Waals surface area (Å²) in [6.07, 6.45) is 3.20. The average Bonchev–Trinajstić information content (AvgIpc) is 3.16. The molecule has 5 rings (SSSR count). The van der Waals surface area contributed by atoms with Crippen LogP contribution in [-0.2, 0) is 0 Å². The molecule has 9 heteroatoms. The number of allylic oxidation sites excluding steroid dienone is 1. The highest BCUT2D eigenvalue weighted by molar-refractivity contribution is 7.23. The summed E-state index contributed by atoms with van der Waals surface area (Å²) in [4.78, 5) is 20.2. The second-order valence-electron chi connectivity index (χ2n) is 7.02. The quantitative estimate of drug-likeness (QED) is 0.441. The number of rotatable bonds is 3. The molecule has 0 aliphatic carbocycles. The van der Waals surface area contributed by atoms with Gasteiger partial charge in [0, 0.05) is 18.1 Å². The highest BCUT2D eigenvalue weighted by Crippen LogP contribution is 2.47. The molecule has 0 spiro atoms. The van der Waals surface area contributed by atoms with E-state index in [1.54, 1.807) is 24.5 Å². The van der Waals surface area contributed by atoms with Crippen LogP contribution in [0.1, 0.15) is 22.6 Å². The van der Waals surface area contributed by atoms with Crippen LogP contribution >= 0.6 is 11.3 Å². The second kappa shape index (κ2) is 7.58. The summed E-state index contributed by atoms with van der Waals surface area (Å²) >= 11 is 1.27. The Balaban J connectivity index is 1.77. The molecule has 4 heterocycles. The van der Waals surface area contributed by atoms with Gasteiger partial charge in [-0.1, -0.05) is 24.3 Å². The van der Waals surface area contributed by atoms with E-state index in [2.05, 4.69) is 27.4 Å². The summed E-state index contributed by atoms with van der Waals surface area (Å²) in [5.74, 6) is -0.564. The average molecular weight is 438 g/mol. The van der Waals surface area contributed by atoms with Gasteiger partial charge < -0.3 is 20.8 Å². The smallest absolute Gasteiger partial charge is 0.256 e. The van der Waals surface area contributed by atoms with Crippen LogP contribution in [0.3, 0.4) is 0 Å². The van der Waals surface area contributed by atoms with Crippen LogP contribution < -0.4 is 21.3 Å². The number of hydrogen-bond acceptors (Lipinski definition) is 8. The summed E-state index contributed by atoms with van der Waals surface area (Å²) in [6.45, 7) is 0. The third-order valence-corrected chi connectivity index (χ3v) is 6.28. The maximum atomic E-state index is 13.2. The molecule has 1 atom stereocenters. The van der Waals surface area contributed by atoms with E-state index in [1.807, 2.05) is 30.3 Å². The zero-order valence-electron chi connectivity index (χ0n) is 16.4. The molecule has 0 bridgehead atoms. The van der Waals surface area contributed by atoms with Gasteiger partial charge in [0.15, 0.2) is 5.75 Å². The Bertz CT molecular complexity index is 1520. The molecular formula is C23H14N6O2S. The van der Waals surface area contributed by atoms with E-state index < -0.39 is 11.5 Å². The lowest BCUT2D eigenvalue weighted by molar-refractivity contribution is 0.397. The van der Waals surface area contributed by atoms with Crippen molar-refractivity contribution >= 4 is 32.2 Å². The standard InChI is InChI=1S/C23H14N6O2S/c24-9-14-16(12-5-4-8-27-11-12)17-19(31-21(14)26)20-18(29-22(17)30)15(10-25)23(32-20)28-13-6-2-1-3-7-13/h1-8,11,16,28H,26H2,(H,29,30)/t16-/m1/s1. The highest BCUT2D eigenvalue weighted by atomic mass is 32.1. The fraction of sp³-hybridized carbons (Fsp3) is 0.0435. The van der Waals surface area contributed by atoms with Gasteiger partial charge in [0.1, 0.15) is 28.3 Å². The molecule has 154 valence electrons. The number of aromatic nitrogens is 2. The van der Waals surface area contributed by atoms with Gasteiger partial charge in [-0.05, 0) is 23.8 Å². The first kappa shape index (κ1) is 19.4. The van der Waals surface area contributed by atoms with Crippen molar-refractivity contribution in [1.29, 1.82) is 10.5 Å². The molecule has 3 aromatic heterocycles. The molecule has 1 aromatic carbocycles. The number of benzene rings is 1. The predicted octanol–water partition coefficient (Wildman–Crippen LogP) is 3.82. The zero-order valence-corrected chi connectivity index (χ0v) is 17.2. The molecule has 0 radical (unpaired) electrons. The summed E-state index contributed by atoms with van der Waals surface area (Å²) in [7, 11) is 0. The number of para-hydroxylation sites is 1. The molecule has 0 saturated carbocycles. The van der Waals surface area contributed by atoms with Crippen molar-refractivity contribution in [2.45, 2.75) is 5.92 Å². The summed E-state index contributed by atoms with van der Waals surface area (Å²) < 4.78 is 6.37. The Morgan fingerprint density at radius 2 is 1.97 bits per heavy atom. The highest BCUT2D eigenvalue weighted by Gasteiger charge is 2.36.